The number of carboxylic acids is 1. The Bertz CT molecular complexity index is 474. The average Bonchev–Trinajstić information content (AvgIpc) is 2.20. The summed E-state index contributed by atoms with van der Waals surface area (Å²) in [6.45, 7) is 2.93. The van der Waals surface area contributed by atoms with Gasteiger partial charge in [-0.1, -0.05) is 15.9 Å². The Morgan fingerprint density at radius 1 is 1.59 bits per heavy atom. The van der Waals surface area contributed by atoms with Gasteiger partial charge in [0.15, 0.2) is 6.10 Å². The molecule has 0 aliphatic heterocycles. The third-order valence-electron chi connectivity index (χ3n) is 2.06. The first-order valence-electron chi connectivity index (χ1n) is 4.67. The Balaban J connectivity index is 3.21. The van der Waals surface area contributed by atoms with Crippen molar-refractivity contribution in [2.45, 2.75) is 20.0 Å². The van der Waals surface area contributed by atoms with Crippen molar-refractivity contribution in [3.05, 3.63) is 32.3 Å². The Labute approximate surface area is 105 Å². The van der Waals surface area contributed by atoms with Crippen molar-refractivity contribution in [2.75, 3.05) is 0 Å². The molecule has 7 heteroatoms. The topological polar surface area (TPSA) is 89.7 Å². The van der Waals surface area contributed by atoms with Crippen molar-refractivity contribution in [3.63, 3.8) is 0 Å². The van der Waals surface area contributed by atoms with E-state index in [1.165, 1.54) is 13.0 Å². The van der Waals surface area contributed by atoms with Gasteiger partial charge >= 0.3 is 11.7 Å². The van der Waals surface area contributed by atoms with Crippen molar-refractivity contribution in [1.29, 1.82) is 0 Å². The van der Waals surface area contributed by atoms with Crippen LogP contribution in [0.5, 0.6) is 5.75 Å². The summed E-state index contributed by atoms with van der Waals surface area (Å²) in [5.74, 6) is -1.20. The number of carbonyl (C=O) groups is 1. The lowest BCUT2D eigenvalue weighted by Crippen LogP contribution is -2.23. The summed E-state index contributed by atoms with van der Waals surface area (Å²) in [7, 11) is 0. The van der Waals surface area contributed by atoms with Gasteiger partial charge < -0.3 is 9.84 Å². The standard InChI is InChI=1S/C10H10BrNO5/c1-5-3-7(11)4-8(12(15)16)9(5)17-6(2)10(13)14/h3-4,6H,1-2H3,(H,13,14)/t6-/m1/s1. The molecule has 0 saturated carbocycles. The van der Waals surface area contributed by atoms with Gasteiger partial charge in [-0.3, -0.25) is 10.1 Å². The van der Waals surface area contributed by atoms with Gasteiger partial charge in [0.25, 0.3) is 0 Å². The van der Waals surface area contributed by atoms with Gasteiger partial charge in [-0.15, -0.1) is 0 Å². The number of rotatable bonds is 4. The molecule has 1 rings (SSSR count). The van der Waals surface area contributed by atoms with E-state index in [0.717, 1.165) is 0 Å². The lowest BCUT2D eigenvalue weighted by atomic mass is 10.2. The molecule has 92 valence electrons. The minimum Gasteiger partial charge on any atom is -0.479 e. The van der Waals surface area contributed by atoms with E-state index >= 15 is 0 Å². The zero-order valence-corrected chi connectivity index (χ0v) is 10.7. The highest BCUT2D eigenvalue weighted by Crippen LogP contribution is 2.34. The zero-order chi connectivity index (χ0) is 13.2. The smallest absolute Gasteiger partial charge is 0.344 e. The van der Waals surface area contributed by atoms with Crippen LogP contribution >= 0.6 is 15.9 Å². The molecule has 1 atom stereocenters. The van der Waals surface area contributed by atoms with E-state index in [2.05, 4.69) is 15.9 Å². The molecule has 0 aromatic heterocycles. The van der Waals surface area contributed by atoms with Gasteiger partial charge in [-0.2, -0.15) is 0 Å². The molecule has 0 unspecified atom stereocenters. The van der Waals surface area contributed by atoms with Gasteiger partial charge in [-0.25, -0.2) is 4.79 Å². The molecular weight excluding hydrogens is 294 g/mol. The van der Waals surface area contributed by atoms with Crippen LogP contribution in [0.1, 0.15) is 12.5 Å². The number of carboxylic acid groups (broad SMARTS) is 1. The number of benzene rings is 1. The van der Waals surface area contributed by atoms with Crippen molar-refractivity contribution < 1.29 is 19.6 Å². The number of aryl methyl sites for hydroxylation is 1. The lowest BCUT2D eigenvalue weighted by molar-refractivity contribution is -0.386. The molecule has 6 nitrogen and oxygen atoms in total. The molecule has 0 spiro atoms. The molecule has 17 heavy (non-hydrogen) atoms. The number of halogens is 1. The van der Waals surface area contributed by atoms with E-state index in [0.29, 0.717) is 10.0 Å². The highest BCUT2D eigenvalue weighted by Gasteiger charge is 2.23. The van der Waals surface area contributed by atoms with Gasteiger partial charge in [0.05, 0.1) is 4.92 Å². The summed E-state index contributed by atoms with van der Waals surface area (Å²) < 4.78 is 5.63. The summed E-state index contributed by atoms with van der Waals surface area (Å²) in [6, 6.07) is 2.90. The molecule has 0 fully saturated rings. The van der Waals surface area contributed by atoms with Gasteiger partial charge in [0.2, 0.25) is 5.75 Å². The predicted molar refractivity (Wildman–Crippen MR) is 63.3 cm³/mol. The molecule has 1 N–H and O–H groups in total. The minimum absolute atomic E-state index is 0.0203. The summed E-state index contributed by atoms with van der Waals surface area (Å²) in [5.41, 5.74) is 0.240. The number of aliphatic carboxylic acids is 1. The minimum atomic E-state index is -1.18. The normalized spacial score (nSPS) is 11.9. The molecule has 0 saturated heterocycles. The number of ether oxygens (including phenoxy) is 1. The molecule has 0 radical (unpaired) electrons. The van der Waals surface area contributed by atoms with Crippen LogP contribution in [0.25, 0.3) is 0 Å². The van der Waals surface area contributed by atoms with Gasteiger partial charge in [0.1, 0.15) is 0 Å². The zero-order valence-electron chi connectivity index (χ0n) is 9.14. The molecule has 0 heterocycles. The van der Waals surface area contributed by atoms with Crippen LogP contribution in [-0.2, 0) is 4.79 Å². The van der Waals surface area contributed by atoms with E-state index in [4.69, 9.17) is 9.84 Å². The quantitative estimate of drug-likeness (QED) is 0.682. The number of nitro groups is 1. The number of nitrogens with zero attached hydrogens (tertiary/aromatic N) is 1. The van der Waals surface area contributed by atoms with Crippen LogP contribution in [-0.4, -0.2) is 22.1 Å². The fourth-order valence-corrected chi connectivity index (χ4v) is 1.79. The van der Waals surface area contributed by atoms with E-state index in [1.807, 2.05) is 0 Å². The second-order valence-electron chi connectivity index (χ2n) is 3.43. The highest BCUT2D eigenvalue weighted by atomic mass is 79.9. The van der Waals surface area contributed by atoms with E-state index in [-0.39, 0.29) is 11.4 Å². The summed E-state index contributed by atoms with van der Waals surface area (Å²) in [4.78, 5) is 20.9. The predicted octanol–water partition coefficient (Wildman–Crippen LogP) is 2.52. The second-order valence-corrected chi connectivity index (χ2v) is 4.34. The van der Waals surface area contributed by atoms with Crippen molar-refractivity contribution >= 4 is 27.6 Å². The highest BCUT2D eigenvalue weighted by molar-refractivity contribution is 9.10. The van der Waals surface area contributed by atoms with Crippen molar-refractivity contribution in [2.24, 2.45) is 0 Å². The monoisotopic (exact) mass is 303 g/mol. The van der Waals surface area contributed by atoms with Crippen LogP contribution in [0.3, 0.4) is 0 Å². The molecule has 0 aliphatic carbocycles. The largest absolute Gasteiger partial charge is 0.479 e. The number of nitro benzene ring substituents is 1. The third kappa shape index (κ3) is 3.16. The molecular formula is C10H10BrNO5. The van der Waals surface area contributed by atoms with Gasteiger partial charge in [-0.05, 0) is 25.5 Å². The van der Waals surface area contributed by atoms with E-state index < -0.39 is 17.0 Å². The first-order chi connectivity index (χ1) is 7.82. The Kier molecular flexibility index (Phi) is 4.06. The Hall–Kier alpha value is -1.63. The van der Waals surface area contributed by atoms with E-state index in [1.54, 1.807) is 13.0 Å². The first-order valence-corrected chi connectivity index (χ1v) is 5.46. The van der Waals surface area contributed by atoms with Crippen LogP contribution in [0.4, 0.5) is 5.69 Å². The fourth-order valence-electron chi connectivity index (χ4n) is 1.23. The summed E-state index contributed by atoms with van der Waals surface area (Å²) in [6.07, 6.45) is -1.14. The van der Waals surface area contributed by atoms with Gasteiger partial charge in [0, 0.05) is 10.5 Å². The molecule has 1 aromatic carbocycles. The SMILES string of the molecule is Cc1cc(Br)cc([N+](=O)[O-])c1O[C@H](C)C(=O)O. The number of hydrogen-bond donors (Lipinski definition) is 1. The average molecular weight is 304 g/mol. The van der Waals surface area contributed by atoms with Crippen LogP contribution in [0.15, 0.2) is 16.6 Å². The fraction of sp³-hybridized carbons (Fsp3) is 0.300. The maximum absolute atomic E-state index is 10.8. The third-order valence-corrected chi connectivity index (χ3v) is 2.52. The Morgan fingerprint density at radius 3 is 2.65 bits per heavy atom. The molecule has 0 aliphatic rings. The van der Waals surface area contributed by atoms with Crippen molar-refractivity contribution in [3.8, 4) is 5.75 Å². The van der Waals surface area contributed by atoms with Crippen LogP contribution in [0, 0.1) is 17.0 Å². The van der Waals surface area contributed by atoms with Crippen molar-refractivity contribution in [1.82, 2.24) is 0 Å². The first kappa shape index (κ1) is 13.4. The van der Waals surface area contributed by atoms with E-state index in [9.17, 15) is 14.9 Å². The second kappa shape index (κ2) is 5.13. The Morgan fingerprint density at radius 2 is 2.18 bits per heavy atom. The molecule has 1 aromatic rings. The lowest BCUT2D eigenvalue weighted by Gasteiger charge is -2.13. The summed E-state index contributed by atoms with van der Waals surface area (Å²) in [5, 5.41) is 19.5. The van der Waals surface area contributed by atoms with Crippen LogP contribution < -0.4 is 4.74 Å². The number of hydrogen-bond acceptors (Lipinski definition) is 4. The van der Waals surface area contributed by atoms with Crippen LogP contribution in [0.2, 0.25) is 0 Å². The maximum atomic E-state index is 10.8. The molecule has 0 amide bonds. The maximum Gasteiger partial charge on any atom is 0.344 e. The molecule has 0 bridgehead atoms. The summed E-state index contributed by atoms with van der Waals surface area (Å²) >= 11 is 3.13.